The van der Waals surface area contributed by atoms with Crippen molar-refractivity contribution in [1.82, 2.24) is 0 Å². The van der Waals surface area contributed by atoms with Gasteiger partial charge in [-0.05, 0) is 6.42 Å². The predicted molar refractivity (Wildman–Crippen MR) is 87.7 cm³/mol. The molecule has 0 heterocycles. The molecule has 9 nitrogen and oxygen atoms in total. The van der Waals surface area contributed by atoms with Gasteiger partial charge >= 0.3 is 130 Å². The summed E-state index contributed by atoms with van der Waals surface area (Å²) < 4.78 is 0. The van der Waals surface area contributed by atoms with Gasteiger partial charge in [-0.1, -0.05) is 0 Å². The number of hydrogen-bond acceptors (Lipinski definition) is 5. The normalized spacial score (nSPS) is 7.95. The molecule has 0 aromatic heterocycles. The average Bonchev–Trinajstić information content (AvgIpc) is 2.11. The molecule has 0 saturated carbocycles. The van der Waals surface area contributed by atoms with Crippen LogP contribution >= 0.6 is 0 Å². The molecule has 0 aliphatic rings. The van der Waals surface area contributed by atoms with Crippen LogP contribution in [0, 0.1) is 0 Å². The van der Waals surface area contributed by atoms with E-state index in [2.05, 4.69) is 0 Å². The van der Waals surface area contributed by atoms with Crippen LogP contribution in [-0.2, 0) is 19.2 Å². The predicted octanol–water partition coefficient (Wildman–Crippen LogP) is -3.15. The summed E-state index contributed by atoms with van der Waals surface area (Å²) in [6, 6.07) is -1.06. The Bertz CT molecular complexity index is 283. The van der Waals surface area contributed by atoms with E-state index in [1.807, 2.05) is 0 Å². The molecular weight excluding hydrogens is 342 g/mol. The molecule has 0 rings (SSSR count). The number of aliphatic carboxylic acids is 4. The second-order valence-corrected chi connectivity index (χ2v) is 2.92. The van der Waals surface area contributed by atoms with E-state index in [-0.39, 0.29) is 131 Å². The van der Waals surface area contributed by atoms with Crippen molar-refractivity contribution in [1.29, 1.82) is 0 Å². The first kappa shape index (κ1) is 43.9. The van der Waals surface area contributed by atoms with Crippen molar-refractivity contribution in [3.8, 4) is 0 Å². The van der Waals surface area contributed by atoms with Crippen LogP contribution in [0.25, 0.3) is 0 Å². The van der Waals surface area contributed by atoms with Crippen molar-refractivity contribution in [3.05, 3.63) is 0 Å². The van der Waals surface area contributed by atoms with E-state index in [9.17, 15) is 9.59 Å². The molecule has 114 valence electrons. The van der Waals surface area contributed by atoms with Crippen LogP contribution in [0.1, 0.15) is 26.7 Å². The molecule has 0 aromatic rings. The summed E-state index contributed by atoms with van der Waals surface area (Å²) in [6.07, 6.45) is -0.224. The van der Waals surface area contributed by atoms with Crippen LogP contribution in [-0.4, -0.2) is 169 Å². The van der Waals surface area contributed by atoms with Gasteiger partial charge in [0.2, 0.25) is 0 Å². The third-order valence-corrected chi connectivity index (χ3v) is 0.986. The summed E-state index contributed by atoms with van der Waals surface area (Å²) in [5.41, 5.74) is 5.00. The quantitative estimate of drug-likeness (QED) is 0.323. The summed E-state index contributed by atoms with van der Waals surface area (Å²) in [5.74, 6) is -3.86. The Kier molecular flexibility index (Phi) is 61.2. The maximum absolute atomic E-state index is 9.99. The number of nitrogens with two attached hydrogens (primary N) is 1. The molecular formula is C9H21NNa4O8. The molecule has 0 radical (unpaired) electrons. The van der Waals surface area contributed by atoms with Gasteiger partial charge in [0.1, 0.15) is 6.04 Å². The Morgan fingerprint density at radius 2 is 1.05 bits per heavy atom. The second-order valence-electron chi connectivity index (χ2n) is 2.92. The summed E-state index contributed by atoms with van der Waals surface area (Å²) in [6.45, 7) is 2.17. The van der Waals surface area contributed by atoms with Gasteiger partial charge in [0.15, 0.2) is 0 Å². The minimum absolute atomic E-state index is 0. The first-order valence-electron chi connectivity index (χ1n) is 4.59. The zero-order chi connectivity index (χ0) is 15.3. The zero-order valence-electron chi connectivity index (χ0n) is 9.99. The fourth-order valence-corrected chi connectivity index (χ4v) is 0.402. The van der Waals surface area contributed by atoms with Gasteiger partial charge in [-0.2, -0.15) is 0 Å². The average molecular weight is 363 g/mol. The molecule has 6 N–H and O–H groups in total. The number of hydrogen-bond donors (Lipinski definition) is 5. The number of carbonyl (C=O) groups is 4. The molecule has 0 aliphatic heterocycles. The van der Waals surface area contributed by atoms with Crippen LogP contribution in [0.15, 0.2) is 0 Å². The van der Waals surface area contributed by atoms with E-state index in [0.717, 1.165) is 13.8 Å². The summed E-state index contributed by atoms with van der Waals surface area (Å²) in [5, 5.41) is 31.1. The maximum atomic E-state index is 9.99. The molecule has 0 amide bonds. The molecule has 0 aliphatic carbocycles. The van der Waals surface area contributed by atoms with Gasteiger partial charge in [0.25, 0.3) is 11.9 Å². The molecule has 0 bridgehead atoms. The van der Waals surface area contributed by atoms with Crippen LogP contribution in [0.5, 0.6) is 0 Å². The molecule has 0 aromatic carbocycles. The Labute approximate surface area is 216 Å². The van der Waals surface area contributed by atoms with E-state index in [1.165, 1.54) is 0 Å². The zero-order valence-corrected chi connectivity index (χ0v) is 9.99. The summed E-state index contributed by atoms with van der Waals surface area (Å²) >= 11 is 0. The summed E-state index contributed by atoms with van der Waals surface area (Å²) in [7, 11) is 0. The van der Waals surface area contributed by atoms with Gasteiger partial charge in [0, 0.05) is 20.3 Å². The van der Waals surface area contributed by atoms with E-state index in [1.54, 1.807) is 0 Å². The van der Waals surface area contributed by atoms with Crippen LogP contribution in [0.2, 0.25) is 0 Å². The summed E-state index contributed by atoms with van der Waals surface area (Å²) in [4.78, 5) is 37.9. The Hall–Kier alpha value is 1.84. The van der Waals surface area contributed by atoms with Gasteiger partial charge < -0.3 is 26.2 Å². The third-order valence-electron chi connectivity index (χ3n) is 0.986. The second kappa shape index (κ2) is 30.7. The molecule has 0 saturated heterocycles. The topological polar surface area (TPSA) is 175 Å². The molecule has 22 heavy (non-hydrogen) atoms. The van der Waals surface area contributed by atoms with Gasteiger partial charge in [-0.3, -0.25) is 19.2 Å². The van der Waals surface area contributed by atoms with Gasteiger partial charge in [0.05, 0.1) is 0 Å². The van der Waals surface area contributed by atoms with Crippen LogP contribution in [0.3, 0.4) is 0 Å². The van der Waals surface area contributed by atoms with Crippen molar-refractivity contribution in [2.45, 2.75) is 32.7 Å². The molecule has 0 fully saturated rings. The third kappa shape index (κ3) is 80.7. The van der Waals surface area contributed by atoms with Gasteiger partial charge in [-0.15, -0.1) is 0 Å². The van der Waals surface area contributed by atoms with Crippen molar-refractivity contribution in [3.63, 3.8) is 0 Å². The minimum atomic E-state index is -1.17. The van der Waals surface area contributed by atoms with Crippen LogP contribution in [0.4, 0.5) is 0 Å². The van der Waals surface area contributed by atoms with E-state index >= 15 is 0 Å². The van der Waals surface area contributed by atoms with Crippen molar-refractivity contribution < 1.29 is 39.6 Å². The fourth-order valence-electron chi connectivity index (χ4n) is 0.402. The first-order chi connectivity index (χ1) is 8.00. The van der Waals surface area contributed by atoms with Crippen molar-refractivity contribution >= 4 is 142 Å². The van der Waals surface area contributed by atoms with E-state index < -0.39 is 29.9 Å². The SMILES string of the molecule is CC(=O)O.CC(=O)O.N[C@@H](CCC(=O)O)C(=O)O.[NaH].[NaH].[NaH].[NaH]. The Morgan fingerprint density at radius 1 is 0.818 bits per heavy atom. The van der Waals surface area contributed by atoms with Crippen molar-refractivity contribution in [2.24, 2.45) is 5.73 Å². The molecule has 1 atom stereocenters. The molecule has 0 unspecified atom stereocenters. The van der Waals surface area contributed by atoms with Crippen molar-refractivity contribution in [2.75, 3.05) is 0 Å². The molecule has 13 heteroatoms. The number of rotatable bonds is 4. The van der Waals surface area contributed by atoms with Crippen LogP contribution < -0.4 is 5.73 Å². The standard InChI is InChI=1S/C5H9NO4.2C2H4O2.4Na.4H/c6-3(5(9)10)1-2-4(7)8;2*1-2(3)4;;;;;;;;/h3H,1-2,6H2,(H,7,8)(H,9,10);2*1H3,(H,3,4);;;;;;;;/t3-;;;;;;;;;;/m0........../s1. The van der Waals surface area contributed by atoms with E-state index in [0.29, 0.717) is 0 Å². The Balaban J connectivity index is -0.0000000325. The van der Waals surface area contributed by atoms with E-state index in [4.69, 9.17) is 35.7 Å². The number of carboxylic acid groups (broad SMARTS) is 4. The van der Waals surface area contributed by atoms with Gasteiger partial charge in [-0.25, -0.2) is 0 Å². The fraction of sp³-hybridized carbons (Fsp3) is 0.556. The number of carboxylic acids is 4. The molecule has 0 spiro atoms. The monoisotopic (exact) mass is 363 g/mol. The first-order valence-corrected chi connectivity index (χ1v) is 4.59. The Morgan fingerprint density at radius 3 is 1.18 bits per heavy atom.